The van der Waals surface area contributed by atoms with Crippen molar-refractivity contribution in [2.45, 2.75) is 6.92 Å². The molecule has 0 saturated carbocycles. The van der Waals surface area contributed by atoms with Gasteiger partial charge in [-0.1, -0.05) is 54.6 Å². The van der Waals surface area contributed by atoms with Gasteiger partial charge in [0.25, 0.3) is 0 Å². The molecule has 0 spiro atoms. The van der Waals surface area contributed by atoms with Crippen molar-refractivity contribution in [1.82, 2.24) is 4.98 Å². The second kappa shape index (κ2) is 5.71. The zero-order chi connectivity index (χ0) is 14.7. The summed E-state index contributed by atoms with van der Waals surface area (Å²) in [6.45, 7) is 1.88. The van der Waals surface area contributed by atoms with Crippen LogP contribution in [-0.4, -0.2) is 10.8 Å². The Labute approximate surface area is 124 Å². The predicted molar refractivity (Wildman–Crippen MR) is 84.3 cm³/mol. The van der Waals surface area contributed by atoms with Crippen LogP contribution in [0.3, 0.4) is 0 Å². The molecule has 2 aromatic carbocycles. The van der Waals surface area contributed by atoms with E-state index < -0.39 is 0 Å². The van der Waals surface area contributed by atoms with Crippen LogP contribution in [0.1, 0.15) is 21.6 Å². The third-order valence-electron chi connectivity index (χ3n) is 3.41. The standard InChI is InChI=1S/C19H15NO/c1-14-13-18(11-12-20-14)19(21)17-9-7-16(8-10-17)15-5-3-2-4-6-15/h2-13H,1H3. The summed E-state index contributed by atoms with van der Waals surface area (Å²) in [7, 11) is 0. The smallest absolute Gasteiger partial charge is 0.193 e. The van der Waals surface area contributed by atoms with Crippen LogP contribution < -0.4 is 0 Å². The quantitative estimate of drug-likeness (QED) is 0.666. The molecule has 0 aliphatic carbocycles. The van der Waals surface area contributed by atoms with E-state index in [2.05, 4.69) is 17.1 Å². The van der Waals surface area contributed by atoms with Gasteiger partial charge in [0.15, 0.2) is 5.78 Å². The molecule has 1 heterocycles. The lowest BCUT2D eigenvalue weighted by Crippen LogP contribution is -2.02. The van der Waals surface area contributed by atoms with Crippen LogP contribution in [0.5, 0.6) is 0 Å². The molecular formula is C19H15NO. The molecule has 0 amide bonds. The molecule has 0 aliphatic heterocycles. The molecule has 0 atom stereocenters. The Bertz CT molecular complexity index is 761. The highest BCUT2D eigenvalue weighted by molar-refractivity contribution is 6.09. The first-order chi connectivity index (χ1) is 10.2. The maximum Gasteiger partial charge on any atom is 0.193 e. The lowest BCUT2D eigenvalue weighted by atomic mass is 9.99. The normalized spacial score (nSPS) is 10.3. The topological polar surface area (TPSA) is 30.0 Å². The molecule has 21 heavy (non-hydrogen) atoms. The van der Waals surface area contributed by atoms with Crippen molar-refractivity contribution in [3.8, 4) is 11.1 Å². The molecule has 0 aliphatic rings. The Kier molecular flexibility index (Phi) is 3.61. The number of hydrogen-bond acceptors (Lipinski definition) is 2. The van der Waals surface area contributed by atoms with Gasteiger partial charge in [-0.2, -0.15) is 0 Å². The summed E-state index contributed by atoms with van der Waals surface area (Å²) in [5.74, 6) is 0.0279. The van der Waals surface area contributed by atoms with Crippen molar-refractivity contribution < 1.29 is 4.79 Å². The molecule has 3 aromatic rings. The first-order valence-corrected chi connectivity index (χ1v) is 6.87. The van der Waals surface area contributed by atoms with E-state index in [0.717, 1.165) is 16.8 Å². The Morgan fingerprint density at radius 3 is 2.14 bits per heavy atom. The molecule has 2 nitrogen and oxygen atoms in total. The van der Waals surface area contributed by atoms with Gasteiger partial charge in [0.1, 0.15) is 0 Å². The molecule has 0 N–H and O–H groups in total. The largest absolute Gasteiger partial charge is 0.289 e. The molecule has 0 radical (unpaired) electrons. The van der Waals surface area contributed by atoms with E-state index in [9.17, 15) is 4.79 Å². The van der Waals surface area contributed by atoms with Gasteiger partial charge in [0.05, 0.1) is 0 Å². The van der Waals surface area contributed by atoms with Crippen molar-refractivity contribution in [1.29, 1.82) is 0 Å². The van der Waals surface area contributed by atoms with Gasteiger partial charge < -0.3 is 0 Å². The number of nitrogens with zero attached hydrogens (tertiary/aromatic N) is 1. The highest BCUT2D eigenvalue weighted by Gasteiger charge is 2.09. The van der Waals surface area contributed by atoms with E-state index in [1.54, 1.807) is 12.3 Å². The highest BCUT2D eigenvalue weighted by atomic mass is 16.1. The van der Waals surface area contributed by atoms with Crippen LogP contribution in [0.15, 0.2) is 72.9 Å². The van der Waals surface area contributed by atoms with Gasteiger partial charge in [0.2, 0.25) is 0 Å². The number of hydrogen-bond donors (Lipinski definition) is 0. The number of carbonyl (C=O) groups excluding carboxylic acids is 1. The number of aromatic nitrogens is 1. The molecule has 0 saturated heterocycles. The fourth-order valence-corrected chi connectivity index (χ4v) is 2.30. The Morgan fingerprint density at radius 1 is 0.810 bits per heavy atom. The average molecular weight is 273 g/mol. The van der Waals surface area contributed by atoms with E-state index >= 15 is 0 Å². The molecule has 1 aromatic heterocycles. The molecule has 3 rings (SSSR count). The lowest BCUT2D eigenvalue weighted by molar-refractivity contribution is 0.103. The molecular weight excluding hydrogens is 258 g/mol. The number of pyridine rings is 1. The fraction of sp³-hybridized carbons (Fsp3) is 0.0526. The zero-order valence-corrected chi connectivity index (χ0v) is 11.8. The highest BCUT2D eigenvalue weighted by Crippen LogP contribution is 2.20. The van der Waals surface area contributed by atoms with E-state index in [1.807, 2.05) is 55.5 Å². The van der Waals surface area contributed by atoms with E-state index in [0.29, 0.717) is 11.1 Å². The fourth-order valence-electron chi connectivity index (χ4n) is 2.30. The van der Waals surface area contributed by atoms with E-state index in [1.165, 1.54) is 0 Å². The van der Waals surface area contributed by atoms with Crippen LogP contribution >= 0.6 is 0 Å². The van der Waals surface area contributed by atoms with Crippen LogP contribution in [-0.2, 0) is 0 Å². The van der Waals surface area contributed by atoms with Crippen molar-refractivity contribution in [2.75, 3.05) is 0 Å². The van der Waals surface area contributed by atoms with Crippen molar-refractivity contribution in [3.63, 3.8) is 0 Å². The van der Waals surface area contributed by atoms with E-state index in [4.69, 9.17) is 0 Å². The van der Waals surface area contributed by atoms with Crippen molar-refractivity contribution in [3.05, 3.63) is 89.7 Å². The third kappa shape index (κ3) is 2.90. The molecule has 0 bridgehead atoms. The number of aryl methyl sites for hydroxylation is 1. The Morgan fingerprint density at radius 2 is 1.48 bits per heavy atom. The molecule has 0 unspecified atom stereocenters. The van der Waals surface area contributed by atoms with E-state index in [-0.39, 0.29) is 5.78 Å². The maximum absolute atomic E-state index is 12.4. The lowest BCUT2D eigenvalue weighted by Gasteiger charge is -2.05. The number of carbonyl (C=O) groups is 1. The monoisotopic (exact) mass is 273 g/mol. The van der Waals surface area contributed by atoms with Crippen molar-refractivity contribution in [2.24, 2.45) is 0 Å². The van der Waals surface area contributed by atoms with Crippen LogP contribution in [0.4, 0.5) is 0 Å². The van der Waals surface area contributed by atoms with Crippen LogP contribution in [0, 0.1) is 6.92 Å². The third-order valence-corrected chi connectivity index (χ3v) is 3.41. The summed E-state index contributed by atoms with van der Waals surface area (Å²) in [6, 6.07) is 21.4. The summed E-state index contributed by atoms with van der Waals surface area (Å²) in [4.78, 5) is 16.5. The summed E-state index contributed by atoms with van der Waals surface area (Å²) in [6.07, 6.45) is 1.67. The SMILES string of the molecule is Cc1cc(C(=O)c2ccc(-c3ccccc3)cc2)ccn1. The van der Waals surface area contributed by atoms with Crippen molar-refractivity contribution >= 4 is 5.78 Å². The van der Waals surface area contributed by atoms with Gasteiger partial charge in [-0.05, 0) is 30.2 Å². The minimum atomic E-state index is 0.0279. The first-order valence-electron chi connectivity index (χ1n) is 6.87. The zero-order valence-electron chi connectivity index (χ0n) is 11.8. The summed E-state index contributed by atoms with van der Waals surface area (Å²) in [5.41, 5.74) is 4.48. The number of rotatable bonds is 3. The maximum atomic E-state index is 12.4. The van der Waals surface area contributed by atoms with Gasteiger partial charge in [-0.25, -0.2) is 0 Å². The summed E-state index contributed by atoms with van der Waals surface area (Å²) < 4.78 is 0. The van der Waals surface area contributed by atoms with Gasteiger partial charge in [-0.15, -0.1) is 0 Å². The minimum absolute atomic E-state index is 0.0279. The van der Waals surface area contributed by atoms with Gasteiger partial charge >= 0.3 is 0 Å². The minimum Gasteiger partial charge on any atom is -0.289 e. The molecule has 102 valence electrons. The summed E-state index contributed by atoms with van der Waals surface area (Å²) in [5, 5.41) is 0. The average Bonchev–Trinajstić information content (AvgIpc) is 2.55. The second-order valence-corrected chi connectivity index (χ2v) is 4.96. The second-order valence-electron chi connectivity index (χ2n) is 4.96. The van der Waals surface area contributed by atoms with Gasteiger partial charge in [0, 0.05) is 23.0 Å². The van der Waals surface area contributed by atoms with Crippen LogP contribution in [0.25, 0.3) is 11.1 Å². The summed E-state index contributed by atoms with van der Waals surface area (Å²) >= 11 is 0. The first kappa shape index (κ1) is 13.3. The molecule has 2 heteroatoms. The Hall–Kier alpha value is -2.74. The Balaban J connectivity index is 1.89. The van der Waals surface area contributed by atoms with Crippen LogP contribution in [0.2, 0.25) is 0 Å². The molecule has 0 fully saturated rings. The predicted octanol–water partition coefficient (Wildman–Crippen LogP) is 4.29. The number of ketones is 1. The van der Waals surface area contributed by atoms with Gasteiger partial charge in [-0.3, -0.25) is 9.78 Å². The number of benzene rings is 2.